The third kappa shape index (κ3) is 5.04. The minimum absolute atomic E-state index is 0.964. The fourth-order valence-corrected chi connectivity index (χ4v) is 3.19. The highest BCUT2D eigenvalue weighted by Crippen LogP contribution is 2.33. The Kier molecular flexibility index (Phi) is 6.36. The van der Waals surface area contributed by atoms with Crippen LogP contribution in [0.3, 0.4) is 0 Å². The molecule has 0 heteroatoms. The van der Waals surface area contributed by atoms with Gasteiger partial charge in [-0.05, 0) is 17.8 Å². The second-order valence-electron chi connectivity index (χ2n) is 5.85. The molecule has 2 unspecified atom stereocenters. The van der Waals surface area contributed by atoms with Crippen molar-refractivity contribution in [3.63, 3.8) is 0 Å². The molecule has 1 rings (SSSR count). The van der Waals surface area contributed by atoms with Crippen LogP contribution in [-0.2, 0) is 0 Å². The largest absolute Gasteiger partial charge is 0.0654 e. The van der Waals surface area contributed by atoms with Gasteiger partial charge >= 0.3 is 0 Å². The first-order valence-electron chi connectivity index (χ1n) is 7.24. The molecule has 0 aromatic rings. The van der Waals surface area contributed by atoms with Crippen LogP contribution in [0.15, 0.2) is 0 Å². The van der Waals surface area contributed by atoms with Gasteiger partial charge < -0.3 is 0 Å². The van der Waals surface area contributed by atoms with Gasteiger partial charge in [0.25, 0.3) is 0 Å². The zero-order chi connectivity index (χ0) is 11.1. The molecule has 1 aliphatic rings. The summed E-state index contributed by atoms with van der Waals surface area (Å²) < 4.78 is 0. The number of hydrogen-bond acceptors (Lipinski definition) is 0. The molecule has 0 spiro atoms. The quantitative estimate of drug-likeness (QED) is 0.526. The topological polar surface area (TPSA) is 0 Å². The average Bonchev–Trinajstić information content (AvgIpc) is 2.70. The Morgan fingerprint density at radius 3 is 2.27 bits per heavy atom. The second-order valence-corrected chi connectivity index (χ2v) is 5.85. The second kappa shape index (κ2) is 7.30. The highest BCUT2D eigenvalue weighted by Gasteiger charge is 2.20. The van der Waals surface area contributed by atoms with Gasteiger partial charge in [-0.3, -0.25) is 0 Å². The summed E-state index contributed by atoms with van der Waals surface area (Å²) in [6.45, 7) is 7.21. The Hall–Kier alpha value is 0. The maximum Gasteiger partial charge on any atom is -0.0388 e. The van der Waals surface area contributed by atoms with E-state index < -0.39 is 0 Å². The van der Waals surface area contributed by atoms with Gasteiger partial charge in [0.15, 0.2) is 0 Å². The van der Waals surface area contributed by atoms with Crippen LogP contribution in [0.5, 0.6) is 0 Å². The molecular weight excluding hydrogens is 180 g/mol. The molecule has 0 bridgehead atoms. The lowest BCUT2D eigenvalue weighted by Gasteiger charge is -2.19. The molecule has 0 heterocycles. The molecule has 90 valence electrons. The summed E-state index contributed by atoms with van der Waals surface area (Å²) in [6.07, 6.45) is 13.2. The van der Waals surface area contributed by atoms with Gasteiger partial charge in [0.1, 0.15) is 0 Å². The van der Waals surface area contributed by atoms with Crippen molar-refractivity contribution in [2.45, 2.75) is 78.6 Å². The number of hydrogen-bond donors (Lipinski definition) is 0. The predicted octanol–water partition coefficient (Wildman–Crippen LogP) is 5.42. The van der Waals surface area contributed by atoms with E-state index in [1.54, 1.807) is 0 Å². The van der Waals surface area contributed by atoms with Crippen molar-refractivity contribution in [1.82, 2.24) is 0 Å². The van der Waals surface area contributed by atoms with Crippen molar-refractivity contribution < 1.29 is 0 Å². The van der Waals surface area contributed by atoms with Crippen molar-refractivity contribution >= 4 is 0 Å². The average molecular weight is 210 g/mol. The van der Waals surface area contributed by atoms with Crippen LogP contribution in [0.25, 0.3) is 0 Å². The van der Waals surface area contributed by atoms with Crippen LogP contribution >= 0.6 is 0 Å². The fraction of sp³-hybridized carbons (Fsp3) is 1.00. The van der Waals surface area contributed by atoms with Crippen molar-refractivity contribution in [3.05, 3.63) is 0 Å². The smallest absolute Gasteiger partial charge is 0.0388 e. The summed E-state index contributed by atoms with van der Waals surface area (Å²) in [5.74, 6) is 3.04. The van der Waals surface area contributed by atoms with E-state index in [1.807, 2.05) is 0 Å². The van der Waals surface area contributed by atoms with E-state index in [0.29, 0.717) is 0 Å². The number of rotatable bonds is 7. The molecule has 2 atom stereocenters. The summed E-state index contributed by atoms with van der Waals surface area (Å²) in [6, 6.07) is 0. The minimum Gasteiger partial charge on any atom is -0.0654 e. The summed E-state index contributed by atoms with van der Waals surface area (Å²) in [7, 11) is 0. The molecule has 0 aliphatic heterocycles. The van der Waals surface area contributed by atoms with Gasteiger partial charge in [-0.2, -0.15) is 0 Å². The highest BCUT2D eigenvalue weighted by molar-refractivity contribution is 4.72. The minimum atomic E-state index is 0.964. The molecule has 1 fully saturated rings. The van der Waals surface area contributed by atoms with E-state index >= 15 is 0 Å². The van der Waals surface area contributed by atoms with Crippen molar-refractivity contribution in [1.29, 1.82) is 0 Å². The predicted molar refractivity (Wildman–Crippen MR) is 69.0 cm³/mol. The molecule has 0 nitrogen and oxygen atoms in total. The summed E-state index contributed by atoms with van der Waals surface area (Å²) in [5, 5.41) is 0. The molecule has 0 aromatic heterocycles. The Labute approximate surface area is 96.8 Å². The normalized spacial score (nSPS) is 21.8. The highest BCUT2D eigenvalue weighted by atomic mass is 14.3. The van der Waals surface area contributed by atoms with Gasteiger partial charge in [-0.25, -0.2) is 0 Å². The molecule has 1 aliphatic carbocycles. The Morgan fingerprint density at radius 2 is 1.67 bits per heavy atom. The van der Waals surface area contributed by atoms with Gasteiger partial charge in [0, 0.05) is 0 Å². The Balaban J connectivity index is 2.03. The molecule has 0 radical (unpaired) electrons. The third-order valence-electron chi connectivity index (χ3n) is 4.34. The van der Waals surface area contributed by atoms with Crippen molar-refractivity contribution in [2.24, 2.45) is 17.8 Å². The third-order valence-corrected chi connectivity index (χ3v) is 4.34. The standard InChI is InChI=1S/C15H30/c1-4-8-13(2)9-7-10-14(3)15-11-5-6-12-15/h13-15H,4-12H2,1-3H3. The van der Waals surface area contributed by atoms with E-state index in [9.17, 15) is 0 Å². The first kappa shape index (κ1) is 13.1. The molecule has 0 saturated heterocycles. The lowest BCUT2D eigenvalue weighted by Crippen LogP contribution is -2.08. The van der Waals surface area contributed by atoms with Crippen molar-refractivity contribution in [2.75, 3.05) is 0 Å². The molecule has 1 saturated carbocycles. The lowest BCUT2D eigenvalue weighted by atomic mass is 9.87. The first-order chi connectivity index (χ1) is 7.24. The van der Waals surface area contributed by atoms with E-state index in [1.165, 1.54) is 57.8 Å². The summed E-state index contributed by atoms with van der Waals surface area (Å²) in [5.41, 5.74) is 0. The van der Waals surface area contributed by atoms with E-state index in [-0.39, 0.29) is 0 Å². The lowest BCUT2D eigenvalue weighted by molar-refractivity contribution is 0.322. The Morgan fingerprint density at radius 1 is 1.00 bits per heavy atom. The Bertz CT molecular complexity index is 144. The van der Waals surface area contributed by atoms with E-state index in [0.717, 1.165) is 17.8 Å². The van der Waals surface area contributed by atoms with E-state index in [2.05, 4.69) is 20.8 Å². The molecule has 0 amide bonds. The monoisotopic (exact) mass is 210 g/mol. The SMILES string of the molecule is CCCC(C)CCCC(C)C1CCCC1. The van der Waals surface area contributed by atoms with Gasteiger partial charge in [0.05, 0.1) is 0 Å². The summed E-state index contributed by atoms with van der Waals surface area (Å²) in [4.78, 5) is 0. The molecule has 0 N–H and O–H groups in total. The van der Waals surface area contributed by atoms with E-state index in [4.69, 9.17) is 0 Å². The van der Waals surface area contributed by atoms with Crippen LogP contribution in [0.1, 0.15) is 78.6 Å². The fourth-order valence-electron chi connectivity index (χ4n) is 3.19. The zero-order valence-corrected chi connectivity index (χ0v) is 11.1. The van der Waals surface area contributed by atoms with Crippen LogP contribution in [0.2, 0.25) is 0 Å². The van der Waals surface area contributed by atoms with Gasteiger partial charge in [-0.1, -0.05) is 78.6 Å². The summed E-state index contributed by atoms with van der Waals surface area (Å²) >= 11 is 0. The molecular formula is C15H30. The van der Waals surface area contributed by atoms with Crippen LogP contribution in [-0.4, -0.2) is 0 Å². The molecule has 15 heavy (non-hydrogen) atoms. The van der Waals surface area contributed by atoms with Gasteiger partial charge in [0.2, 0.25) is 0 Å². The zero-order valence-electron chi connectivity index (χ0n) is 11.1. The van der Waals surface area contributed by atoms with Crippen LogP contribution in [0, 0.1) is 17.8 Å². The van der Waals surface area contributed by atoms with Gasteiger partial charge in [-0.15, -0.1) is 0 Å². The maximum absolute atomic E-state index is 2.49. The molecule has 0 aromatic carbocycles. The van der Waals surface area contributed by atoms with Crippen LogP contribution < -0.4 is 0 Å². The maximum atomic E-state index is 2.49. The van der Waals surface area contributed by atoms with Crippen molar-refractivity contribution in [3.8, 4) is 0 Å². The first-order valence-corrected chi connectivity index (χ1v) is 7.24. The van der Waals surface area contributed by atoms with Crippen LogP contribution in [0.4, 0.5) is 0 Å².